The molecule has 6 heteroatoms. The summed E-state index contributed by atoms with van der Waals surface area (Å²) in [6.45, 7) is 1.49. The minimum Gasteiger partial charge on any atom is -0.445 e. The number of hydrogen-bond acceptors (Lipinski definition) is 4. The average molecular weight is 353 g/mol. The van der Waals surface area contributed by atoms with E-state index in [1.54, 1.807) is 4.90 Å². The molecule has 0 N–H and O–H groups in total. The van der Waals surface area contributed by atoms with Crippen LogP contribution in [-0.2, 0) is 11.3 Å². The van der Waals surface area contributed by atoms with Crippen LogP contribution in [0.1, 0.15) is 48.9 Å². The second kappa shape index (κ2) is 7.32. The molecule has 1 aromatic heterocycles. The van der Waals surface area contributed by atoms with Gasteiger partial charge in [-0.05, 0) is 31.2 Å². The molecule has 1 aliphatic heterocycles. The minimum atomic E-state index is -0.284. The first-order valence-corrected chi connectivity index (χ1v) is 9.24. The van der Waals surface area contributed by atoms with Gasteiger partial charge < -0.3 is 14.2 Å². The minimum absolute atomic E-state index is 0.0560. The lowest BCUT2D eigenvalue weighted by molar-refractivity contribution is 0.0828. The summed E-state index contributed by atoms with van der Waals surface area (Å²) in [4.78, 5) is 30.4. The van der Waals surface area contributed by atoms with E-state index in [9.17, 15) is 9.59 Å². The molecule has 2 aromatic rings. The fourth-order valence-electron chi connectivity index (χ4n) is 3.45. The lowest BCUT2D eigenvalue weighted by atomic mass is 10.0. The number of likely N-dealkylation sites (tertiary alicyclic amines) is 1. The maximum absolute atomic E-state index is 12.3. The van der Waals surface area contributed by atoms with Gasteiger partial charge in [0.25, 0.3) is 5.56 Å². The number of rotatable bonds is 4. The Bertz CT molecular complexity index is 822. The summed E-state index contributed by atoms with van der Waals surface area (Å²) in [7, 11) is 0. The molecule has 0 spiro atoms. The van der Waals surface area contributed by atoms with E-state index in [0.29, 0.717) is 19.0 Å². The summed E-state index contributed by atoms with van der Waals surface area (Å²) in [5, 5.41) is 0. The van der Waals surface area contributed by atoms with Crippen molar-refractivity contribution in [2.75, 3.05) is 13.1 Å². The Morgan fingerprint density at radius 3 is 2.54 bits per heavy atom. The van der Waals surface area contributed by atoms with Gasteiger partial charge in [-0.15, -0.1) is 0 Å². The molecule has 2 aliphatic rings. The molecule has 2 fully saturated rings. The highest BCUT2D eigenvalue weighted by Crippen LogP contribution is 2.38. The van der Waals surface area contributed by atoms with Crippen LogP contribution in [0.3, 0.4) is 0 Å². The molecule has 2 heterocycles. The highest BCUT2D eigenvalue weighted by molar-refractivity contribution is 5.67. The van der Waals surface area contributed by atoms with Crippen molar-refractivity contribution in [1.82, 2.24) is 14.5 Å². The van der Waals surface area contributed by atoms with E-state index in [2.05, 4.69) is 4.98 Å². The van der Waals surface area contributed by atoms with Crippen LogP contribution in [0, 0.1) is 0 Å². The number of amides is 1. The Balaban J connectivity index is 1.33. The molecular weight excluding hydrogens is 330 g/mol. The predicted molar refractivity (Wildman–Crippen MR) is 96.9 cm³/mol. The monoisotopic (exact) mass is 353 g/mol. The molecule has 0 unspecified atom stereocenters. The second-order valence-electron chi connectivity index (χ2n) is 7.09. The highest BCUT2D eigenvalue weighted by atomic mass is 16.6. The third-order valence-electron chi connectivity index (χ3n) is 5.17. The van der Waals surface area contributed by atoms with Gasteiger partial charge >= 0.3 is 6.09 Å². The van der Waals surface area contributed by atoms with E-state index in [1.807, 2.05) is 41.1 Å². The van der Waals surface area contributed by atoms with Crippen molar-refractivity contribution in [2.45, 2.75) is 44.2 Å². The van der Waals surface area contributed by atoms with Crippen molar-refractivity contribution >= 4 is 6.09 Å². The van der Waals surface area contributed by atoms with Crippen molar-refractivity contribution in [2.24, 2.45) is 0 Å². The zero-order chi connectivity index (χ0) is 17.9. The zero-order valence-corrected chi connectivity index (χ0v) is 14.7. The number of hydrogen-bond donors (Lipinski definition) is 0. The van der Waals surface area contributed by atoms with Crippen molar-refractivity contribution in [1.29, 1.82) is 0 Å². The van der Waals surface area contributed by atoms with Crippen LogP contribution in [0.4, 0.5) is 4.79 Å². The van der Waals surface area contributed by atoms with Crippen LogP contribution in [0.25, 0.3) is 0 Å². The summed E-state index contributed by atoms with van der Waals surface area (Å²) in [5.74, 6) is 0.523. The van der Waals surface area contributed by atoms with Crippen LogP contribution in [0.2, 0.25) is 0 Å². The number of ether oxygens (including phenoxy) is 1. The van der Waals surface area contributed by atoms with Crippen LogP contribution in [0.5, 0.6) is 0 Å². The van der Waals surface area contributed by atoms with Crippen molar-refractivity contribution < 1.29 is 9.53 Å². The Kier molecular flexibility index (Phi) is 4.73. The van der Waals surface area contributed by atoms with Gasteiger partial charge in [-0.25, -0.2) is 4.79 Å². The lowest BCUT2D eigenvalue weighted by Gasteiger charge is -2.32. The molecule has 0 radical (unpaired) electrons. The van der Waals surface area contributed by atoms with Gasteiger partial charge in [0.05, 0.1) is 11.9 Å². The smallest absolute Gasteiger partial charge is 0.410 e. The number of aromatic nitrogens is 2. The molecule has 1 aromatic carbocycles. The maximum Gasteiger partial charge on any atom is 0.410 e. The predicted octanol–water partition coefficient (Wildman–Crippen LogP) is 3.09. The van der Waals surface area contributed by atoms with Crippen LogP contribution in [0.15, 0.2) is 47.5 Å². The molecule has 1 saturated heterocycles. The van der Waals surface area contributed by atoms with E-state index in [0.717, 1.165) is 36.9 Å². The third-order valence-corrected chi connectivity index (χ3v) is 5.17. The Morgan fingerprint density at radius 1 is 1.12 bits per heavy atom. The van der Waals surface area contributed by atoms with E-state index >= 15 is 0 Å². The fraction of sp³-hybridized carbons (Fsp3) is 0.450. The second-order valence-corrected chi connectivity index (χ2v) is 7.09. The Morgan fingerprint density at radius 2 is 1.85 bits per heavy atom. The number of nitrogens with zero attached hydrogens (tertiary/aromatic N) is 3. The Labute approximate surface area is 152 Å². The maximum atomic E-state index is 12.3. The fourth-order valence-corrected chi connectivity index (χ4v) is 3.45. The summed E-state index contributed by atoms with van der Waals surface area (Å²) in [6, 6.07) is 9.79. The molecule has 136 valence electrons. The van der Waals surface area contributed by atoms with Crippen LogP contribution in [-0.4, -0.2) is 33.6 Å². The first-order valence-electron chi connectivity index (χ1n) is 9.24. The molecular formula is C20H23N3O3. The quantitative estimate of drug-likeness (QED) is 0.847. The zero-order valence-electron chi connectivity index (χ0n) is 14.7. The van der Waals surface area contributed by atoms with Gasteiger partial charge in [-0.3, -0.25) is 9.78 Å². The molecule has 0 bridgehead atoms. The van der Waals surface area contributed by atoms with Gasteiger partial charge in [0, 0.05) is 31.2 Å². The van der Waals surface area contributed by atoms with E-state index in [1.165, 1.54) is 6.20 Å². The largest absolute Gasteiger partial charge is 0.445 e. The third kappa shape index (κ3) is 3.79. The van der Waals surface area contributed by atoms with Crippen molar-refractivity contribution in [3.63, 3.8) is 0 Å². The number of benzene rings is 1. The number of carbonyl (C=O) groups is 1. The molecule has 0 atom stereocenters. The first kappa shape index (κ1) is 16.8. The summed E-state index contributed by atoms with van der Waals surface area (Å²) < 4.78 is 7.21. The van der Waals surface area contributed by atoms with E-state index in [4.69, 9.17) is 4.74 Å². The lowest BCUT2D eigenvalue weighted by Crippen LogP contribution is -2.41. The summed E-state index contributed by atoms with van der Waals surface area (Å²) >= 11 is 0. The molecule has 1 amide bonds. The normalized spacial score (nSPS) is 17.9. The molecule has 1 saturated carbocycles. The van der Waals surface area contributed by atoms with Crippen LogP contribution < -0.4 is 5.56 Å². The Hall–Kier alpha value is -2.63. The SMILES string of the molecule is O=C(OCc1ccccc1)N1CCC(n2cc(C3CC3)ncc2=O)CC1. The molecule has 6 nitrogen and oxygen atoms in total. The summed E-state index contributed by atoms with van der Waals surface area (Å²) in [5.41, 5.74) is 1.94. The van der Waals surface area contributed by atoms with Crippen LogP contribution >= 0.6 is 0 Å². The van der Waals surface area contributed by atoms with Gasteiger partial charge in [0.15, 0.2) is 0 Å². The standard InChI is InChI=1S/C20H23N3O3/c24-19-12-21-18(16-6-7-16)13-23(19)17-8-10-22(11-9-17)20(25)26-14-15-4-2-1-3-5-15/h1-5,12-13,16-17H,6-11,14H2. The van der Waals surface area contributed by atoms with Crippen molar-refractivity contribution in [3.05, 3.63) is 64.3 Å². The van der Waals surface area contributed by atoms with Gasteiger partial charge in [0.1, 0.15) is 6.61 Å². The van der Waals surface area contributed by atoms with Gasteiger partial charge in [-0.2, -0.15) is 0 Å². The molecule has 4 rings (SSSR count). The van der Waals surface area contributed by atoms with Crippen molar-refractivity contribution in [3.8, 4) is 0 Å². The first-order chi connectivity index (χ1) is 12.7. The van der Waals surface area contributed by atoms with E-state index < -0.39 is 0 Å². The number of carbonyl (C=O) groups excluding carboxylic acids is 1. The average Bonchev–Trinajstić information content (AvgIpc) is 3.53. The van der Waals surface area contributed by atoms with E-state index in [-0.39, 0.29) is 24.3 Å². The highest BCUT2D eigenvalue weighted by Gasteiger charge is 2.28. The summed E-state index contributed by atoms with van der Waals surface area (Å²) in [6.07, 6.45) is 6.92. The number of piperidine rings is 1. The van der Waals surface area contributed by atoms with Gasteiger partial charge in [0.2, 0.25) is 0 Å². The molecule has 26 heavy (non-hydrogen) atoms. The van der Waals surface area contributed by atoms with Gasteiger partial charge in [-0.1, -0.05) is 30.3 Å². The molecule has 1 aliphatic carbocycles. The topological polar surface area (TPSA) is 64.4 Å².